The number of rotatable bonds is 2. The highest BCUT2D eigenvalue weighted by molar-refractivity contribution is 6.00. The van der Waals surface area contributed by atoms with Gasteiger partial charge in [0, 0.05) is 23.3 Å². The molecule has 1 aliphatic carbocycles. The lowest BCUT2D eigenvalue weighted by Crippen LogP contribution is -2.23. The van der Waals surface area contributed by atoms with Crippen LogP contribution in [0.4, 0.5) is 11.4 Å². The number of fused-ring (bicyclic) bond motifs is 1. The van der Waals surface area contributed by atoms with E-state index < -0.39 is 0 Å². The molecule has 2 aliphatic rings. The number of ether oxygens (including phenoxy) is 1. The molecule has 4 heteroatoms. The SMILES string of the molecule is COc1ccccc1[C@@H]1Nc2ccccc2NC2=C1C(=O)CCC2. The lowest BCUT2D eigenvalue weighted by atomic mass is 9.86. The Morgan fingerprint density at radius 1 is 1.00 bits per heavy atom. The first-order chi connectivity index (χ1) is 11.8. The van der Waals surface area contributed by atoms with Gasteiger partial charge >= 0.3 is 0 Å². The minimum Gasteiger partial charge on any atom is -0.496 e. The van der Waals surface area contributed by atoms with Gasteiger partial charge in [0.1, 0.15) is 5.75 Å². The molecule has 0 saturated carbocycles. The smallest absolute Gasteiger partial charge is 0.163 e. The van der Waals surface area contributed by atoms with Crippen LogP contribution in [0.5, 0.6) is 5.75 Å². The van der Waals surface area contributed by atoms with E-state index >= 15 is 0 Å². The molecule has 0 aromatic heterocycles. The number of para-hydroxylation sites is 3. The summed E-state index contributed by atoms with van der Waals surface area (Å²) in [4.78, 5) is 12.7. The van der Waals surface area contributed by atoms with Gasteiger partial charge in [-0.1, -0.05) is 30.3 Å². The van der Waals surface area contributed by atoms with Crippen molar-refractivity contribution in [2.75, 3.05) is 17.7 Å². The quantitative estimate of drug-likeness (QED) is 0.867. The Labute approximate surface area is 141 Å². The number of anilines is 2. The number of ketones is 1. The zero-order valence-electron chi connectivity index (χ0n) is 13.6. The second kappa shape index (κ2) is 6.04. The molecule has 24 heavy (non-hydrogen) atoms. The summed E-state index contributed by atoms with van der Waals surface area (Å²) in [6.45, 7) is 0. The first-order valence-corrected chi connectivity index (χ1v) is 8.29. The fraction of sp³-hybridized carbons (Fsp3) is 0.250. The average Bonchev–Trinajstić information content (AvgIpc) is 2.79. The van der Waals surface area contributed by atoms with E-state index in [1.165, 1.54) is 0 Å². The second-order valence-corrected chi connectivity index (χ2v) is 6.16. The van der Waals surface area contributed by atoms with Crippen LogP contribution in [-0.2, 0) is 4.79 Å². The molecule has 2 aromatic carbocycles. The molecule has 2 aromatic rings. The molecule has 0 unspecified atom stereocenters. The molecule has 0 radical (unpaired) electrons. The molecule has 1 aliphatic heterocycles. The van der Waals surface area contributed by atoms with Crippen LogP contribution in [0.1, 0.15) is 30.9 Å². The number of nitrogens with one attached hydrogen (secondary N) is 2. The van der Waals surface area contributed by atoms with Gasteiger partial charge in [0.15, 0.2) is 5.78 Å². The van der Waals surface area contributed by atoms with E-state index in [2.05, 4.69) is 10.6 Å². The Kier molecular flexibility index (Phi) is 3.73. The highest BCUT2D eigenvalue weighted by Crippen LogP contribution is 2.42. The van der Waals surface area contributed by atoms with E-state index in [4.69, 9.17) is 4.74 Å². The summed E-state index contributed by atoms with van der Waals surface area (Å²) in [5, 5.41) is 7.04. The fourth-order valence-electron chi connectivity index (χ4n) is 3.57. The number of methoxy groups -OCH3 is 1. The Morgan fingerprint density at radius 2 is 1.75 bits per heavy atom. The maximum atomic E-state index is 12.7. The molecule has 0 amide bonds. The summed E-state index contributed by atoms with van der Waals surface area (Å²) in [6.07, 6.45) is 2.39. The zero-order chi connectivity index (χ0) is 16.5. The maximum Gasteiger partial charge on any atom is 0.163 e. The van der Waals surface area contributed by atoms with Gasteiger partial charge in [-0.05, 0) is 31.0 Å². The molecule has 2 N–H and O–H groups in total. The van der Waals surface area contributed by atoms with Gasteiger partial charge < -0.3 is 15.4 Å². The minimum atomic E-state index is -0.208. The number of carbonyl (C=O) groups excluding carboxylic acids is 1. The zero-order valence-corrected chi connectivity index (χ0v) is 13.6. The third kappa shape index (κ3) is 2.44. The van der Waals surface area contributed by atoms with Crippen molar-refractivity contribution in [3.63, 3.8) is 0 Å². The van der Waals surface area contributed by atoms with Crippen molar-refractivity contribution in [3.8, 4) is 5.75 Å². The number of allylic oxidation sites excluding steroid dienone is 1. The van der Waals surface area contributed by atoms with Crippen LogP contribution in [0.2, 0.25) is 0 Å². The summed E-state index contributed by atoms with van der Waals surface area (Å²) in [6, 6.07) is 15.8. The predicted octanol–water partition coefficient (Wildman–Crippen LogP) is 4.28. The molecule has 1 atom stereocenters. The molecule has 4 nitrogen and oxygen atoms in total. The van der Waals surface area contributed by atoms with Crippen LogP contribution in [0.3, 0.4) is 0 Å². The molecule has 0 bridgehead atoms. The van der Waals surface area contributed by atoms with Crippen molar-refractivity contribution in [3.05, 3.63) is 65.4 Å². The Bertz CT molecular complexity index is 826. The first kappa shape index (κ1) is 14.8. The van der Waals surface area contributed by atoms with Crippen LogP contribution in [0, 0.1) is 0 Å². The monoisotopic (exact) mass is 320 g/mol. The van der Waals surface area contributed by atoms with Gasteiger partial charge in [0.05, 0.1) is 24.5 Å². The lowest BCUT2D eigenvalue weighted by molar-refractivity contribution is -0.116. The Morgan fingerprint density at radius 3 is 2.58 bits per heavy atom. The minimum absolute atomic E-state index is 0.208. The third-order valence-corrected chi connectivity index (χ3v) is 4.71. The van der Waals surface area contributed by atoms with Crippen LogP contribution < -0.4 is 15.4 Å². The Hall–Kier alpha value is -2.75. The van der Waals surface area contributed by atoms with Crippen molar-refractivity contribution in [2.45, 2.75) is 25.3 Å². The summed E-state index contributed by atoms with van der Waals surface area (Å²) in [5.41, 5.74) is 4.86. The molecule has 122 valence electrons. The van der Waals surface area contributed by atoms with Gasteiger partial charge in [-0.25, -0.2) is 0 Å². The van der Waals surface area contributed by atoms with Crippen molar-refractivity contribution in [1.29, 1.82) is 0 Å². The number of carbonyl (C=O) groups is 1. The molecule has 0 saturated heterocycles. The van der Waals surface area contributed by atoms with E-state index in [1.54, 1.807) is 7.11 Å². The van der Waals surface area contributed by atoms with Crippen molar-refractivity contribution >= 4 is 17.2 Å². The summed E-state index contributed by atoms with van der Waals surface area (Å²) < 4.78 is 5.55. The summed E-state index contributed by atoms with van der Waals surface area (Å²) in [7, 11) is 1.67. The molecule has 0 spiro atoms. The standard InChI is InChI=1S/C20H20N2O2/c1-24-18-12-5-2-7-13(18)20-19-16(10-6-11-17(19)23)21-14-8-3-4-9-15(14)22-20/h2-5,7-9,12,20-22H,6,10-11H2,1H3/t20-/m0/s1. The van der Waals surface area contributed by atoms with Crippen molar-refractivity contribution < 1.29 is 9.53 Å². The second-order valence-electron chi connectivity index (χ2n) is 6.16. The number of benzene rings is 2. The van der Waals surface area contributed by atoms with E-state index in [9.17, 15) is 4.79 Å². The highest BCUT2D eigenvalue weighted by Gasteiger charge is 2.33. The normalized spacial score (nSPS) is 19.5. The average molecular weight is 320 g/mol. The van der Waals surface area contributed by atoms with Gasteiger partial charge in [0.25, 0.3) is 0 Å². The van der Waals surface area contributed by atoms with Gasteiger partial charge in [-0.15, -0.1) is 0 Å². The van der Waals surface area contributed by atoms with Crippen molar-refractivity contribution in [2.24, 2.45) is 0 Å². The van der Waals surface area contributed by atoms with E-state index in [0.29, 0.717) is 6.42 Å². The molecule has 4 rings (SSSR count). The highest BCUT2D eigenvalue weighted by atomic mass is 16.5. The Balaban J connectivity index is 1.90. The molecule has 0 fully saturated rings. The number of hydrogen-bond donors (Lipinski definition) is 2. The molecular formula is C20H20N2O2. The number of Topliss-reactive ketones (excluding diaryl/α,β-unsaturated/α-hetero) is 1. The lowest BCUT2D eigenvalue weighted by Gasteiger charge is -2.26. The van der Waals surface area contributed by atoms with Crippen LogP contribution >= 0.6 is 0 Å². The maximum absolute atomic E-state index is 12.7. The molecular weight excluding hydrogens is 300 g/mol. The largest absolute Gasteiger partial charge is 0.496 e. The van der Waals surface area contributed by atoms with E-state index in [1.807, 2.05) is 48.5 Å². The predicted molar refractivity (Wildman–Crippen MR) is 95.3 cm³/mol. The van der Waals surface area contributed by atoms with Crippen LogP contribution in [-0.4, -0.2) is 12.9 Å². The summed E-state index contributed by atoms with van der Waals surface area (Å²) >= 11 is 0. The van der Waals surface area contributed by atoms with E-state index in [-0.39, 0.29) is 11.8 Å². The number of hydrogen-bond acceptors (Lipinski definition) is 4. The van der Waals surface area contributed by atoms with Gasteiger partial charge in [-0.3, -0.25) is 4.79 Å². The van der Waals surface area contributed by atoms with Crippen molar-refractivity contribution in [1.82, 2.24) is 0 Å². The molecule has 1 heterocycles. The van der Waals surface area contributed by atoms with Gasteiger partial charge in [0.2, 0.25) is 0 Å². The fourth-order valence-corrected chi connectivity index (χ4v) is 3.57. The van der Waals surface area contributed by atoms with E-state index in [0.717, 1.165) is 46.8 Å². The topological polar surface area (TPSA) is 50.4 Å². The van der Waals surface area contributed by atoms with Crippen LogP contribution in [0.15, 0.2) is 59.8 Å². The summed E-state index contributed by atoms with van der Waals surface area (Å²) in [5.74, 6) is 1.000. The van der Waals surface area contributed by atoms with Crippen LogP contribution in [0.25, 0.3) is 0 Å². The van der Waals surface area contributed by atoms with Gasteiger partial charge in [-0.2, -0.15) is 0 Å². The first-order valence-electron chi connectivity index (χ1n) is 8.29. The third-order valence-electron chi connectivity index (χ3n) is 4.71.